The van der Waals surface area contributed by atoms with Gasteiger partial charge < -0.3 is 10.2 Å². The highest BCUT2D eigenvalue weighted by atomic mass is 16.2. The Morgan fingerprint density at radius 3 is 3.00 bits per heavy atom. The summed E-state index contributed by atoms with van der Waals surface area (Å²) in [5.41, 5.74) is 1.15. The standard InChI is InChI=1S/C13H19N3O/c1-11-9-13(17)16(8-2-5-15-11)10-12-3-6-14-7-4-12/h3-4,6-7,11,15H,2,5,8-10H2,1H3. The van der Waals surface area contributed by atoms with E-state index >= 15 is 0 Å². The van der Waals surface area contributed by atoms with Crippen molar-refractivity contribution in [2.24, 2.45) is 0 Å². The molecule has 1 atom stereocenters. The Morgan fingerprint density at radius 1 is 1.47 bits per heavy atom. The Morgan fingerprint density at radius 2 is 2.24 bits per heavy atom. The molecule has 1 aliphatic rings. The summed E-state index contributed by atoms with van der Waals surface area (Å²) in [5.74, 6) is 0.238. The zero-order chi connectivity index (χ0) is 12.1. The average molecular weight is 233 g/mol. The third kappa shape index (κ3) is 3.53. The maximum atomic E-state index is 12.1. The molecule has 0 bridgehead atoms. The molecule has 4 heteroatoms. The normalized spacial score (nSPS) is 22.1. The van der Waals surface area contributed by atoms with E-state index in [0.717, 1.165) is 25.1 Å². The molecule has 0 spiro atoms. The van der Waals surface area contributed by atoms with Gasteiger partial charge in [-0.3, -0.25) is 9.78 Å². The van der Waals surface area contributed by atoms with Gasteiger partial charge >= 0.3 is 0 Å². The van der Waals surface area contributed by atoms with Crippen LogP contribution < -0.4 is 5.32 Å². The first-order valence-electron chi connectivity index (χ1n) is 6.16. The van der Waals surface area contributed by atoms with Crippen LogP contribution in [0.2, 0.25) is 0 Å². The van der Waals surface area contributed by atoms with Gasteiger partial charge in [-0.1, -0.05) is 0 Å². The van der Waals surface area contributed by atoms with Crippen molar-refractivity contribution < 1.29 is 4.79 Å². The molecule has 1 fully saturated rings. The lowest BCUT2D eigenvalue weighted by molar-refractivity contribution is -0.132. The van der Waals surface area contributed by atoms with E-state index in [1.807, 2.05) is 17.0 Å². The molecule has 2 rings (SSSR count). The fraction of sp³-hybridized carbons (Fsp3) is 0.538. The molecule has 1 N–H and O–H groups in total. The van der Waals surface area contributed by atoms with E-state index in [1.54, 1.807) is 12.4 Å². The third-order valence-corrected chi connectivity index (χ3v) is 3.05. The summed E-state index contributed by atoms with van der Waals surface area (Å²) in [5, 5.41) is 3.34. The second-order valence-electron chi connectivity index (χ2n) is 4.58. The first-order chi connectivity index (χ1) is 8.25. The van der Waals surface area contributed by atoms with Gasteiger partial charge in [0.1, 0.15) is 0 Å². The van der Waals surface area contributed by atoms with Crippen LogP contribution in [-0.4, -0.2) is 34.9 Å². The largest absolute Gasteiger partial charge is 0.338 e. The Balaban J connectivity index is 2.00. The SMILES string of the molecule is CC1CC(=O)N(Cc2ccncc2)CCCN1. The number of aromatic nitrogens is 1. The van der Waals surface area contributed by atoms with E-state index in [4.69, 9.17) is 0 Å². The summed E-state index contributed by atoms with van der Waals surface area (Å²) in [4.78, 5) is 18.0. The number of hydrogen-bond donors (Lipinski definition) is 1. The van der Waals surface area contributed by atoms with E-state index in [0.29, 0.717) is 13.0 Å². The molecule has 2 heterocycles. The first-order valence-corrected chi connectivity index (χ1v) is 6.16. The number of carbonyl (C=O) groups is 1. The first kappa shape index (κ1) is 12.0. The molecule has 0 saturated carbocycles. The van der Waals surface area contributed by atoms with Crippen LogP contribution in [-0.2, 0) is 11.3 Å². The molecule has 92 valence electrons. The number of hydrogen-bond acceptors (Lipinski definition) is 3. The van der Waals surface area contributed by atoms with Crippen LogP contribution in [0.4, 0.5) is 0 Å². The molecule has 4 nitrogen and oxygen atoms in total. The van der Waals surface area contributed by atoms with Crippen molar-refractivity contribution in [3.63, 3.8) is 0 Å². The van der Waals surface area contributed by atoms with Gasteiger partial charge in [-0.2, -0.15) is 0 Å². The summed E-state index contributed by atoms with van der Waals surface area (Å²) in [6.45, 7) is 4.59. The van der Waals surface area contributed by atoms with E-state index in [2.05, 4.69) is 17.2 Å². The highest BCUT2D eigenvalue weighted by molar-refractivity contribution is 5.76. The lowest BCUT2D eigenvalue weighted by Crippen LogP contribution is -2.41. The molecule has 0 radical (unpaired) electrons. The van der Waals surface area contributed by atoms with Gasteiger partial charge in [0, 0.05) is 37.9 Å². The van der Waals surface area contributed by atoms with Crippen molar-refractivity contribution in [3.05, 3.63) is 30.1 Å². The summed E-state index contributed by atoms with van der Waals surface area (Å²) < 4.78 is 0. The summed E-state index contributed by atoms with van der Waals surface area (Å²) in [6, 6.07) is 4.21. The maximum Gasteiger partial charge on any atom is 0.224 e. The summed E-state index contributed by atoms with van der Waals surface area (Å²) in [6.07, 6.45) is 5.15. The average Bonchev–Trinajstić information content (AvgIpc) is 2.32. The van der Waals surface area contributed by atoms with Crippen LogP contribution in [0, 0.1) is 0 Å². The maximum absolute atomic E-state index is 12.1. The highest BCUT2D eigenvalue weighted by Gasteiger charge is 2.18. The fourth-order valence-corrected chi connectivity index (χ4v) is 2.08. The van der Waals surface area contributed by atoms with Crippen LogP contribution in [0.1, 0.15) is 25.3 Å². The van der Waals surface area contributed by atoms with Crippen molar-refractivity contribution >= 4 is 5.91 Å². The summed E-state index contributed by atoms with van der Waals surface area (Å²) in [7, 11) is 0. The zero-order valence-electron chi connectivity index (χ0n) is 10.2. The number of nitrogens with one attached hydrogen (secondary N) is 1. The summed E-state index contributed by atoms with van der Waals surface area (Å²) >= 11 is 0. The predicted molar refractivity (Wildman–Crippen MR) is 66.4 cm³/mol. The lowest BCUT2D eigenvalue weighted by Gasteiger charge is -2.27. The Kier molecular flexibility index (Phi) is 4.09. The van der Waals surface area contributed by atoms with Gasteiger partial charge in [-0.05, 0) is 37.6 Å². The fourth-order valence-electron chi connectivity index (χ4n) is 2.08. The second-order valence-corrected chi connectivity index (χ2v) is 4.58. The van der Waals surface area contributed by atoms with Gasteiger partial charge in [0.05, 0.1) is 0 Å². The molecule has 1 saturated heterocycles. The Hall–Kier alpha value is -1.42. The zero-order valence-corrected chi connectivity index (χ0v) is 10.2. The predicted octanol–water partition coefficient (Wildman–Crippen LogP) is 1.18. The monoisotopic (exact) mass is 233 g/mol. The Bertz CT molecular complexity index is 366. The lowest BCUT2D eigenvalue weighted by atomic mass is 10.1. The van der Waals surface area contributed by atoms with Crippen molar-refractivity contribution in [1.82, 2.24) is 15.2 Å². The van der Waals surface area contributed by atoms with Gasteiger partial charge in [0.15, 0.2) is 0 Å². The van der Waals surface area contributed by atoms with E-state index in [1.165, 1.54) is 0 Å². The van der Waals surface area contributed by atoms with Crippen LogP contribution in [0.3, 0.4) is 0 Å². The van der Waals surface area contributed by atoms with Crippen molar-refractivity contribution in [3.8, 4) is 0 Å². The molecular weight excluding hydrogens is 214 g/mol. The Labute approximate surface area is 102 Å². The number of nitrogens with zero attached hydrogens (tertiary/aromatic N) is 2. The van der Waals surface area contributed by atoms with E-state index < -0.39 is 0 Å². The molecule has 1 aromatic heterocycles. The minimum atomic E-state index is 0.238. The smallest absolute Gasteiger partial charge is 0.224 e. The number of rotatable bonds is 2. The quantitative estimate of drug-likeness (QED) is 0.834. The van der Waals surface area contributed by atoms with E-state index in [-0.39, 0.29) is 11.9 Å². The van der Waals surface area contributed by atoms with Crippen LogP contribution >= 0.6 is 0 Å². The van der Waals surface area contributed by atoms with Crippen molar-refractivity contribution in [2.45, 2.75) is 32.4 Å². The highest BCUT2D eigenvalue weighted by Crippen LogP contribution is 2.09. The number of amides is 1. The van der Waals surface area contributed by atoms with E-state index in [9.17, 15) is 4.79 Å². The second kappa shape index (κ2) is 5.77. The van der Waals surface area contributed by atoms with Gasteiger partial charge in [-0.25, -0.2) is 0 Å². The van der Waals surface area contributed by atoms with Crippen molar-refractivity contribution in [2.75, 3.05) is 13.1 Å². The molecule has 1 aromatic rings. The molecule has 1 aliphatic heterocycles. The van der Waals surface area contributed by atoms with Gasteiger partial charge in [0.2, 0.25) is 5.91 Å². The van der Waals surface area contributed by atoms with Crippen LogP contribution in [0.5, 0.6) is 0 Å². The molecule has 0 aliphatic carbocycles. The van der Waals surface area contributed by atoms with Gasteiger partial charge in [0.25, 0.3) is 0 Å². The molecule has 1 unspecified atom stereocenters. The number of carbonyl (C=O) groups excluding carboxylic acids is 1. The minimum absolute atomic E-state index is 0.238. The molecule has 1 amide bonds. The minimum Gasteiger partial charge on any atom is -0.338 e. The molecule has 17 heavy (non-hydrogen) atoms. The van der Waals surface area contributed by atoms with Crippen LogP contribution in [0.15, 0.2) is 24.5 Å². The topological polar surface area (TPSA) is 45.2 Å². The molecular formula is C13H19N3O. The third-order valence-electron chi connectivity index (χ3n) is 3.05. The van der Waals surface area contributed by atoms with Crippen LogP contribution in [0.25, 0.3) is 0 Å². The molecule has 0 aromatic carbocycles. The van der Waals surface area contributed by atoms with Crippen molar-refractivity contribution in [1.29, 1.82) is 0 Å². The van der Waals surface area contributed by atoms with Gasteiger partial charge in [-0.15, -0.1) is 0 Å². The number of pyridine rings is 1.